The van der Waals surface area contributed by atoms with Crippen LogP contribution in [-0.4, -0.2) is 24.0 Å². The predicted molar refractivity (Wildman–Crippen MR) is 67.4 cm³/mol. The molecule has 1 nitrogen and oxygen atoms in total. The molecule has 1 aromatic rings. The van der Waals surface area contributed by atoms with E-state index in [1.54, 1.807) is 0 Å². The molecule has 2 aliphatic heterocycles. The second kappa shape index (κ2) is 4.21. The van der Waals surface area contributed by atoms with Gasteiger partial charge >= 0.3 is 0 Å². The van der Waals surface area contributed by atoms with Gasteiger partial charge in [-0.05, 0) is 50.6 Å². The van der Waals surface area contributed by atoms with Crippen LogP contribution in [0, 0.1) is 5.92 Å². The molecule has 2 heterocycles. The van der Waals surface area contributed by atoms with Gasteiger partial charge in [0.2, 0.25) is 0 Å². The van der Waals surface area contributed by atoms with Crippen LogP contribution in [0.1, 0.15) is 31.2 Å². The van der Waals surface area contributed by atoms with Gasteiger partial charge in [-0.3, -0.25) is 0 Å². The molecule has 2 aliphatic rings. The lowest BCUT2D eigenvalue weighted by Crippen LogP contribution is -2.42. The molecular formula is C15H21N. The first-order chi connectivity index (χ1) is 7.84. The Bertz CT molecular complexity index is 346. The highest BCUT2D eigenvalue weighted by atomic mass is 15.2. The third kappa shape index (κ3) is 1.78. The molecule has 1 unspecified atom stereocenters. The summed E-state index contributed by atoms with van der Waals surface area (Å²) in [5.41, 5.74) is 1.52. The van der Waals surface area contributed by atoms with Crippen LogP contribution in [0.4, 0.5) is 0 Å². The first-order valence-corrected chi connectivity index (χ1v) is 6.60. The number of hydrogen-bond donors (Lipinski definition) is 0. The van der Waals surface area contributed by atoms with Crippen molar-refractivity contribution in [2.24, 2.45) is 5.92 Å². The van der Waals surface area contributed by atoms with Crippen LogP contribution in [0.3, 0.4) is 0 Å². The standard InChI is InChI=1S/C15H21N/c1-16-14-8-7-13(15(16)10-9-14)11-12-5-3-2-4-6-12/h2-6,13-15H,7-11H2,1H3/t13?,14-,15-/m0/s1. The predicted octanol–water partition coefficient (Wildman–Crippen LogP) is 3.10. The Hall–Kier alpha value is -0.820. The molecule has 0 aliphatic carbocycles. The van der Waals surface area contributed by atoms with Gasteiger partial charge in [-0.25, -0.2) is 0 Å². The fourth-order valence-electron chi connectivity index (χ4n) is 3.71. The lowest BCUT2D eigenvalue weighted by atomic mass is 9.85. The van der Waals surface area contributed by atoms with Crippen molar-refractivity contribution in [1.29, 1.82) is 0 Å². The Labute approximate surface area is 98.5 Å². The average molecular weight is 215 g/mol. The molecule has 2 saturated heterocycles. The Morgan fingerprint density at radius 1 is 1.06 bits per heavy atom. The van der Waals surface area contributed by atoms with E-state index < -0.39 is 0 Å². The zero-order valence-electron chi connectivity index (χ0n) is 10.1. The number of benzene rings is 1. The van der Waals surface area contributed by atoms with Crippen LogP contribution in [0.25, 0.3) is 0 Å². The molecule has 3 atom stereocenters. The van der Waals surface area contributed by atoms with Crippen LogP contribution in [0.2, 0.25) is 0 Å². The lowest BCUT2D eigenvalue weighted by molar-refractivity contribution is 0.120. The first-order valence-electron chi connectivity index (χ1n) is 6.60. The minimum Gasteiger partial charge on any atom is -0.300 e. The van der Waals surface area contributed by atoms with E-state index in [0.717, 1.165) is 18.0 Å². The number of nitrogens with zero attached hydrogens (tertiary/aromatic N) is 1. The summed E-state index contributed by atoms with van der Waals surface area (Å²) in [4.78, 5) is 2.65. The van der Waals surface area contributed by atoms with Crippen LogP contribution < -0.4 is 0 Å². The Balaban J connectivity index is 1.72. The fraction of sp³-hybridized carbons (Fsp3) is 0.600. The monoisotopic (exact) mass is 215 g/mol. The summed E-state index contributed by atoms with van der Waals surface area (Å²) in [5, 5.41) is 0. The van der Waals surface area contributed by atoms with Gasteiger partial charge in [0, 0.05) is 12.1 Å². The largest absolute Gasteiger partial charge is 0.300 e. The Morgan fingerprint density at radius 2 is 1.81 bits per heavy atom. The third-order valence-corrected chi connectivity index (χ3v) is 4.65. The van der Waals surface area contributed by atoms with Gasteiger partial charge < -0.3 is 4.90 Å². The zero-order valence-corrected chi connectivity index (χ0v) is 10.1. The number of piperidine rings is 1. The van der Waals surface area contributed by atoms with E-state index in [2.05, 4.69) is 42.3 Å². The van der Waals surface area contributed by atoms with Gasteiger partial charge in [0.25, 0.3) is 0 Å². The van der Waals surface area contributed by atoms with Crippen molar-refractivity contribution >= 4 is 0 Å². The second-order valence-electron chi connectivity index (χ2n) is 5.49. The number of rotatable bonds is 2. The normalized spacial score (nSPS) is 34.2. The van der Waals surface area contributed by atoms with Crippen LogP contribution in [0.5, 0.6) is 0 Å². The molecule has 0 N–H and O–H groups in total. The van der Waals surface area contributed by atoms with E-state index in [1.165, 1.54) is 37.7 Å². The quantitative estimate of drug-likeness (QED) is 0.732. The molecule has 0 aromatic heterocycles. The molecule has 0 amide bonds. The van der Waals surface area contributed by atoms with Gasteiger partial charge in [-0.15, -0.1) is 0 Å². The van der Waals surface area contributed by atoms with Crippen molar-refractivity contribution in [3.05, 3.63) is 35.9 Å². The van der Waals surface area contributed by atoms with Crippen molar-refractivity contribution in [1.82, 2.24) is 4.90 Å². The smallest absolute Gasteiger partial charge is 0.0127 e. The van der Waals surface area contributed by atoms with Crippen molar-refractivity contribution in [3.8, 4) is 0 Å². The highest BCUT2D eigenvalue weighted by Crippen LogP contribution is 2.39. The minimum atomic E-state index is 0.860. The molecule has 2 bridgehead atoms. The van der Waals surface area contributed by atoms with Crippen LogP contribution in [0.15, 0.2) is 30.3 Å². The summed E-state index contributed by atoms with van der Waals surface area (Å²) in [6.07, 6.45) is 7.01. The summed E-state index contributed by atoms with van der Waals surface area (Å²) in [5.74, 6) is 0.895. The minimum absolute atomic E-state index is 0.860. The maximum absolute atomic E-state index is 2.65. The summed E-state index contributed by atoms with van der Waals surface area (Å²) >= 11 is 0. The molecular weight excluding hydrogens is 194 g/mol. The van der Waals surface area contributed by atoms with Gasteiger partial charge in [0.05, 0.1) is 0 Å². The molecule has 0 saturated carbocycles. The van der Waals surface area contributed by atoms with Gasteiger partial charge in [-0.1, -0.05) is 30.3 Å². The van der Waals surface area contributed by atoms with Gasteiger partial charge in [-0.2, -0.15) is 0 Å². The lowest BCUT2D eigenvalue weighted by Gasteiger charge is -2.37. The summed E-state index contributed by atoms with van der Waals surface area (Å²) < 4.78 is 0. The van der Waals surface area contributed by atoms with E-state index in [-0.39, 0.29) is 0 Å². The van der Waals surface area contributed by atoms with Crippen molar-refractivity contribution in [2.75, 3.05) is 7.05 Å². The van der Waals surface area contributed by atoms with Gasteiger partial charge in [0.15, 0.2) is 0 Å². The highest BCUT2D eigenvalue weighted by Gasteiger charge is 2.39. The van der Waals surface area contributed by atoms with Crippen molar-refractivity contribution < 1.29 is 0 Å². The van der Waals surface area contributed by atoms with E-state index >= 15 is 0 Å². The molecule has 0 radical (unpaired) electrons. The number of hydrogen-bond acceptors (Lipinski definition) is 1. The Morgan fingerprint density at radius 3 is 2.62 bits per heavy atom. The van der Waals surface area contributed by atoms with E-state index in [9.17, 15) is 0 Å². The third-order valence-electron chi connectivity index (χ3n) is 4.65. The van der Waals surface area contributed by atoms with Crippen molar-refractivity contribution in [3.63, 3.8) is 0 Å². The molecule has 86 valence electrons. The van der Waals surface area contributed by atoms with Crippen LogP contribution in [-0.2, 0) is 6.42 Å². The summed E-state index contributed by atoms with van der Waals surface area (Å²) in [6, 6.07) is 12.8. The number of fused-ring (bicyclic) bond motifs is 2. The average Bonchev–Trinajstić information content (AvgIpc) is 2.55. The maximum Gasteiger partial charge on any atom is 0.0127 e. The van der Waals surface area contributed by atoms with Crippen molar-refractivity contribution in [2.45, 2.75) is 44.2 Å². The Kier molecular flexibility index (Phi) is 2.72. The molecule has 2 fully saturated rings. The molecule has 16 heavy (non-hydrogen) atoms. The molecule has 3 rings (SSSR count). The van der Waals surface area contributed by atoms with Gasteiger partial charge in [0.1, 0.15) is 0 Å². The second-order valence-corrected chi connectivity index (χ2v) is 5.49. The first kappa shape index (κ1) is 10.3. The summed E-state index contributed by atoms with van der Waals surface area (Å²) in [7, 11) is 2.33. The molecule has 1 aromatic carbocycles. The highest BCUT2D eigenvalue weighted by molar-refractivity contribution is 5.16. The van der Waals surface area contributed by atoms with E-state index in [1.807, 2.05) is 0 Å². The van der Waals surface area contributed by atoms with E-state index in [0.29, 0.717) is 0 Å². The molecule has 0 spiro atoms. The summed E-state index contributed by atoms with van der Waals surface area (Å²) in [6.45, 7) is 0. The molecule has 1 heteroatoms. The topological polar surface area (TPSA) is 3.24 Å². The van der Waals surface area contributed by atoms with Crippen LogP contribution >= 0.6 is 0 Å². The maximum atomic E-state index is 2.65. The van der Waals surface area contributed by atoms with E-state index in [4.69, 9.17) is 0 Å². The fourth-order valence-corrected chi connectivity index (χ4v) is 3.71. The SMILES string of the molecule is CN1[C@H]2CCC(Cc3ccccc3)[C@@H]1CC2. The zero-order chi connectivity index (χ0) is 11.0.